The third kappa shape index (κ3) is 6.39. The van der Waals surface area contributed by atoms with Gasteiger partial charge in [-0.25, -0.2) is 9.59 Å². The minimum atomic E-state index is -0.681. The fourth-order valence-corrected chi connectivity index (χ4v) is 4.88. The van der Waals surface area contributed by atoms with E-state index < -0.39 is 22.6 Å². The molecule has 0 saturated heterocycles. The van der Waals surface area contributed by atoms with E-state index in [1.165, 1.54) is 37.5 Å². The van der Waals surface area contributed by atoms with E-state index in [1.807, 2.05) is 6.07 Å². The molecule has 0 fully saturated rings. The summed E-state index contributed by atoms with van der Waals surface area (Å²) in [5, 5.41) is 20.7. The summed E-state index contributed by atoms with van der Waals surface area (Å²) < 4.78 is 21.2. The molecular weight excluding hydrogens is 528 g/mol. The van der Waals surface area contributed by atoms with Gasteiger partial charge in [0.1, 0.15) is 28.2 Å². The van der Waals surface area contributed by atoms with Crippen LogP contribution in [-0.4, -0.2) is 43.0 Å². The lowest BCUT2D eigenvalue weighted by molar-refractivity contribution is -0.384. The zero-order chi connectivity index (χ0) is 28.7. The van der Waals surface area contributed by atoms with Crippen molar-refractivity contribution in [1.82, 2.24) is 0 Å². The zero-order valence-corrected chi connectivity index (χ0v) is 22.4. The van der Waals surface area contributed by atoms with E-state index in [1.54, 1.807) is 26.8 Å². The van der Waals surface area contributed by atoms with Crippen LogP contribution in [0.25, 0.3) is 17.4 Å². The van der Waals surface area contributed by atoms with Gasteiger partial charge >= 0.3 is 11.9 Å². The topological polar surface area (TPSA) is 159 Å². The van der Waals surface area contributed by atoms with Crippen LogP contribution in [-0.2, 0) is 20.7 Å². The summed E-state index contributed by atoms with van der Waals surface area (Å²) in [6.45, 7) is 5.09. The molecule has 11 nitrogen and oxygen atoms in total. The molecule has 0 spiro atoms. The molecule has 0 bridgehead atoms. The molecule has 0 radical (unpaired) electrons. The van der Waals surface area contributed by atoms with Crippen LogP contribution in [0, 0.1) is 28.4 Å². The molecule has 0 aliphatic rings. The van der Waals surface area contributed by atoms with Crippen molar-refractivity contribution in [3.8, 4) is 23.1 Å². The van der Waals surface area contributed by atoms with Gasteiger partial charge in [0.25, 0.3) is 5.69 Å². The lowest BCUT2D eigenvalue weighted by atomic mass is 10.0. The van der Waals surface area contributed by atoms with Crippen molar-refractivity contribution in [2.45, 2.75) is 27.2 Å². The highest BCUT2D eigenvalue weighted by Crippen LogP contribution is 2.35. The van der Waals surface area contributed by atoms with E-state index >= 15 is 0 Å². The van der Waals surface area contributed by atoms with Gasteiger partial charge in [-0.2, -0.15) is 5.26 Å². The van der Waals surface area contributed by atoms with Crippen molar-refractivity contribution in [1.29, 1.82) is 5.26 Å². The second-order valence-electron chi connectivity index (χ2n) is 7.91. The highest BCUT2D eigenvalue weighted by atomic mass is 32.1. The smallest absolute Gasteiger partial charge is 0.348 e. The Morgan fingerprint density at radius 1 is 1.13 bits per heavy atom. The van der Waals surface area contributed by atoms with Crippen LogP contribution in [0.3, 0.4) is 0 Å². The number of Topliss-reactive ketones (excluding diaryl/α,β-unsaturated/α-hetero) is 1. The van der Waals surface area contributed by atoms with Crippen LogP contribution >= 0.6 is 11.3 Å². The summed E-state index contributed by atoms with van der Waals surface area (Å²) in [6, 6.07) is 8.97. The average molecular weight is 553 g/mol. The van der Waals surface area contributed by atoms with E-state index in [2.05, 4.69) is 0 Å². The number of benzene rings is 1. The molecule has 0 atom stereocenters. The molecule has 2 heterocycles. The first kappa shape index (κ1) is 28.8. The quantitative estimate of drug-likeness (QED) is 0.100. The number of esters is 2. The summed E-state index contributed by atoms with van der Waals surface area (Å²) in [6.07, 6.45) is 0.919. The Bertz CT molecular complexity index is 1510. The maximum Gasteiger partial charge on any atom is 0.348 e. The molecule has 3 aromatic rings. The van der Waals surface area contributed by atoms with Gasteiger partial charge in [-0.1, -0.05) is 0 Å². The number of hydrogen-bond donors (Lipinski definition) is 0. The number of allylic oxidation sites excluding steroid dienone is 1. The Labute approximate surface area is 227 Å². The number of nitriles is 1. The normalized spacial score (nSPS) is 11.0. The molecule has 0 amide bonds. The molecule has 39 heavy (non-hydrogen) atoms. The Hall–Kier alpha value is -4.76. The Morgan fingerprint density at radius 2 is 1.82 bits per heavy atom. The van der Waals surface area contributed by atoms with E-state index in [9.17, 15) is 29.8 Å². The second-order valence-corrected chi connectivity index (χ2v) is 9.01. The minimum absolute atomic E-state index is 0.0972. The summed E-state index contributed by atoms with van der Waals surface area (Å²) in [7, 11) is 1.36. The van der Waals surface area contributed by atoms with Gasteiger partial charge in [0.05, 0.1) is 48.0 Å². The van der Waals surface area contributed by atoms with Gasteiger partial charge in [0, 0.05) is 23.4 Å². The minimum Gasteiger partial charge on any atom is -0.496 e. The van der Waals surface area contributed by atoms with Crippen LogP contribution in [0.1, 0.15) is 50.1 Å². The highest BCUT2D eigenvalue weighted by Gasteiger charge is 2.28. The second kappa shape index (κ2) is 12.7. The van der Waals surface area contributed by atoms with E-state index in [4.69, 9.17) is 18.6 Å². The van der Waals surface area contributed by atoms with Gasteiger partial charge in [0.2, 0.25) is 0 Å². The number of thiophene rings is 1. The molecule has 0 aliphatic heterocycles. The number of non-ortho nitro benzene ring substituents is 1. The number of nitro benzene ring substituents is 1. The first-order valence-electron chi connectivity index (χ1n) is 11.7. The van der Waals surface area contributed by atoms with Crippen molar-refractivity contribution in [2.24, 2.45) is 0 Å². The summed E-state index contributed by atoms with van der Waals surface area (Å²) in [4.78, 5) is 49.0. The van der Waals surface area contributed by atoms with Crippen LogP contribution in [0.15, 0.2) is 40.3 Å². The lowest BCUT2D eigenvalue weighted by Gasteiger charge is -2.06. The van der Waals surface area contributed by atoms with E-state index in [-0.39, 0.29) is 57.7 Å². The number of furan rings is 1. The molecule has 202 valence electrons. The van der Waals surface area contributed by atoms with E-state index in [0.29, 0.717) is 16.9 Å². The van der Waals surface area contributed by atoms with Crippen molar-refractivity contribution < 1.29 is 37.9 Å². The molecule has 0 saturated carbocycles. The van der Waals surface area contributed by atoms with Crippen molar-refractivity contribution in [3.63, 3.8) is 0 Å². The number of nitro groups is 1. The fourth-order valence-electron chi connectivity index (χ4n) is 3.69. The van der Waals surface area contributed by atoms with Gasteiger partial charge in [-0.15, -0.1) is 11.3 Å². The largest absolute Gasteiger partial charge is 0.496 e. The predicted octanol–water partition coefficient (Wildman–Crippen LogP) is 5.31. The number of carbonyl (C=O) groups is 3. The Balaban J connectivity index is 1.93. The molecule has 0 aliphatic carbocycles. The molecule has 12 heteroatoms. The van der Waals surface area contributed by atoms with Crippen molar-refractivity contribution in [3.05, 3.63) is 72.7 Å². The number of ether oxygens (including phenoxy) is 3. The summed E-state index contributed by atoms with van der Waals surface area (Å²) >= 11 is 0.941. The number of nitrogens with zero attached hydrogens (tertiary/aromatic N) is 2. The van der Waals surface area contributed by atoms with Crippen LogP contribution in [0.2, 0.25) is 0 Å². The van der Waals surface area contributed by atoms with Crippen molar-refractivity contribution >= 4 is 40.8 Å². The SMILES string of the molecule is CCOC(=O)c1sc(CC(=O)/C(C#N)=C/c2ccc(-c3ccc([N+](=O)[O-])cc3OC)o2)c(C(=O)OCC)c1C. The molecular formula is C27H24N2O9S. The van der Waals surface area contributed by atoms with Gasteiger partial charge in [-0.3, -0.25) is 14.9 Å². The van der Waals surface area contributed by atoms with Crippen molar-refractivity contribution in [2.75, 3.05) is 20.3 Å². The Kier molecular flexibility index (Phi) is 9.35. The maximum absolute atomic E-state index is 13.1. The summed E-state index contributed by atoms with van der Waals surface area (Å²) in [5.41, 5.74) is 0.477. The number of hydrogen-bond acceptors (Lipinski definition) is 11. The van der Waals surface area contributed by atoms with Crippen LogP contribution in [0.4, 0.5) is 5.69 Å². The maximum atomic E-state index is 13.1. The third-order valence-corrected chi connectivity index (χ3v) is 6.75. The molecule has 0 unspecified atom stereocenters. The van der Waals surface area contributed by atoms with Gasteiger partial charge < -0.3 is 18.6 Å². The molecule has 0 N–H and O–H groups in total. The number of methoxy groups -OCH3 is 1. The molecule has 2 aromatic heterocycles. The lowest BCUT2D eigenvalue weighted by Crippen LogP contribution is -2.12. The predicted molar refractivity (Wildman–Crippen MR) is 141 cm³/mol. The summed E-state index contributed by atoms with van der Waals surface area (Å²) in [5.74, 6) is -1.22. The molecule has 3 rings (SSSR count). The third-order valence-electron chi connectivity index (χ3n) is 5.48. The first-order valence-corrected chi connectivity index (χ1v) is 12.5. The number of carbonyl (C=O) groups excluding carboxylic acids is 3. The van der Waals surface area contributed by atoms with Crippen LogP contribution < -0.4 is 4.74 Å². The van der Waals surface area contributed by atoms with Crippen LogP contribution in [0.5, 0.6) is 5.75 Å². The first-order chi connectivity index (χ1) is 18.6. The average Bonchev–Trinajstić information content (AvgIpc) is 3.51. The van der Waals surface area contributed by atoms with E-state index in [0.717, 1.165) is 11.3 Å². The zero-order valence-electron chi connectivity index (χ0n) is 21.6. The standard InChI is InChI=1S/C27H24N2O9S/c1-5-36-26(31)24-15(3)25(27(32)37-6-2)39-23(24)13-20(30)16(14-28)11-18-8-10-21(38-18)19-9-7-17(29(33)34)12-22(19)35-4/h7-12H,5-6,13H2,1-4H3/b16-11+. The van der Waals surface area contributed by atoms with Gasteiger partial charge in [-0.05, 0) is 44.5 Å². The number of rotatable bonds is 11. The fraction of sp³-hybridized carbons (Fsp3) is 0.259. The van der Waals surface area contributed by atoms with Gasteiger partial charge in [0.15, 0.2) is 5.78 Å². The highest BCUT2D eigenvalue weighted by molar-refractivity contribution is 7.14. The number of ketones is 1. The monoisotopic (exact) mass is 552 g/mol. The molecule has 1 aromatic carbocycles. The Morgan fingerprint density at radius 3 is 2.44 bits per heavy atom.